The van der Waals surface area contributed by atoms with Gasteiger partial charge in [0.25, 0.3) is 0 Å². The summed E-state index contributed by atoms with van der Waals surface area (Å²) in [4.78, 5) is 3.81. The lowest BCUT2D eigenvalue weighted by molar-refractivity contribution is 0.418. The van der Waals surface area contributed by atoms with E-state index in [4.69, 9.17) is 0 Å². The lowest BCUT2D eigenvalue weighted by Crippen LogP contribution is -1.86. The molecule has 54 valence electrons. The summed E-state index contributed by atoms with van der Waals surface area (Å²) < 4.78 is 4.54. The molecule has 2 aromatic rings. The average molecular weight is 148 g/mol. The third kappa shape index (κ3) is 1.07. The molecular formula is C6H4N4O. The molecule has 0 aliphatic heterocycles. The number of hydrogen-bond donors (Lipinski definition) is 0. The summed E-state index contributed by atoms with van der Waals surface area (Å²) in [6.45, 7) is 0. The normalized spacial score (nSPS) is 9.82. The molecule has 0 amide bonds. The van der Waals surface area contributed by atoms with Gasteiger partial charge in [0.05, 0.1) is 0 Å². The van der Waals surface area contributed by atoms with Crippen molar-refractivity contribution in [1.29, 1.82) is 0 Å². The van der Waals surface area contributed by atoms with Gasteiger partial charge in [0.15, 0.2) is 0 Å². The smallest absolute Gasteiger partial charge is 0.222 e. The molecule has 0 radical (unpaired) electrons. The second-order valence-electron chi connectivity index (χ2n) is 1.86. The number of rotatable bonds is 1. The molecule has 0 atom stereocenters. The molecule has 0 saturated carbocycles. The molecule has 0 spiro atoms. The fourth-order valence-corrected chi connectivity index (χ4v) is 0.704. The number of aromatic nitrogens is 4. The Hall–Kier alpha value is -1.78. The van der Waals surface area contributed by atoms with Crippen molar-refractivity contribution in [3.63, 3.8) is 0 Å². The third-order valence-electron chi connectivity index (χ3n) is 1.16. The minimum absolute atomic E-state index is 0.457. The highest BCUT2D eigenvalue weighted by molar-refractivity contribution is 5.45. The van der Waals surface area contributed by atoms with Crippen molar-refractivity contribution in [1.82, 2.24) is 20.3 Å². The Kier molecular flexibility index (Phi) is 1.33. The zero-order chi connectivity index (χ0) is 7.52. The van der Waals surface area contributed by atoms with Gasteiger partial charge in [0.2, 0.25) is 12.2 Å². The van der Waals surface area contributed by atoms with Crippen molar-refractivity contribution < 1.29 is 4.52 Å². The van der Waals surface area contributed by atoms with Gasteiger partial charge in [-0.1, -0.05) is 5.16 Å². The topological polar surface area (TPSA) is 64.7 Å². The molecule has 0 bridgehead atoms. The Balaban J connectivity index is 2.46. The van der Waals surface area contributed by atoms with Crippen molar-refractivity contribution in [2.45, 2.75) is 0 Å². The third-order valence-corrected chi connectivity index (χ3v) is 1.16. The lowest BCUT2D eigenvalue weighted by atomic mass is 10.4. The van der Waals surface area contributed by atoms with Gasteiger partial charge in [-0.3, -0.25) is 0 Å². The second kappa shape index (κ2) is 2.45. The Morgan fingerprint density at radius 2 is 2.36 bits per heavy atom. The van der Waals surface area contributed by atoms with Crippen LogP contribution in [0.1, 0.15) is 0 Å². The van der Waals surface area contributed by atoms with Gasteiger partial charge in [0.1, 0.15) is 5.69 Å². The van der Waals surface area contributed by atoms with Crippen molar-refractivity contribution in [2.75, 3.05) is 0 Å². The highest BCUT2D eigenvalue weighted by Gasteiger charge is 2.01. The summed E-state index contributed by atoms with van der Waals surface area (Å²) in [7, 11) is 0. The van der Waals surface area contributed by atoms with Gasteiger partial charge < -0.3 is 4.52 Å². The maximum atomic E-state index is 4.54. The van der Waals surface area contributed by atoms with Gasteiger partial charge in [-0.05, 0) is 12.1 Å². The summed E-state index contributed by atoms with van der Waals surface area (Å²) >= 11 is 0. The minimum Gasteiger partial charge on any atom is -0.342 e. The largest absolute Gasteiger partial charge is 0.342 e. The van der Waals surface area contributed by atoms with Crippen LogP contribution in [0, 0.1) is 0 Å². The average Bonchev–Trinajstić information content (AvgIpc) is 2.58. The predicted octanol–water partition coefficient (Wildman–Crippen LogP) is 0.527. The maximum Gasteiger partial charge on any atom is 0.222 e. The van der Waals surface area contributed by atoms with Crippen molar-refractivity contribution >= 4 is 0 Å². The molecule has 5 nitrogen and oxygen atoms in total. The van der Waals surface area contributed by atoms with Crippen LogP contribution in [-0.4, -0.2) is 20.3 Å². The molecule has 0 saturated heterocycles. The summed E-state index contributed by atoms with van der Waals surface area (Å²) in [6, 6.07) is 3.52. The minimum atomic E-state index is 0.457. The molecule has 2 rings (SSSR count). The van der Waals surface area contributed by atoms with E-state index in [0.29, 0.717) is 11.5 Å². The van der Waals surface area contributed by atoms with Crippen molar-refractivity contribution in [3.05, 3.63) is 24.7 Å². The molecule has 0 aromatic carbocycles. The summed E-state index contributed by atoms with van der Waals surface area (Å²) in [5.41, 5.74) is 0.612. The molecule has 0 fully saturated rings. The molecule has 2 heterocycles. The fourth-order valence-electron chi connectivity index (χ4n) is 0.704. The monoisotopic (exact) mass is 148 g/mol. The van der Waals surface area contributed by atoms with E-state index >= 15 is 0 Å². The summed E-state index contributed by atoms with van der Waals surface area (Å²) in [6.07, 6.45) is 2.84. The quantitative estimate of drug-likeness (QED) is 0.590. The van der Waals surface area contributed by atoms with Crippen LogP contribution < -0.4 is 0 Å². The SMILES string of the molecule is c1cnnc(-c2ncon2)c1. The second-order valence-corrected chi connectivity index (χ2v) is 1.86. The molecular weight excluding hydrogens is 144 g/mol. The van der Waals surface area contributed by atoms with Gasteiger partial charge in [-0.15, -0.1) is 5.10 Å². The Bertz CT molecular complexity index is 318. The van der Waals surface area contributed by atoms with Gasteiger partial charge in [-0.25, -0.2) is 0 Å². The van der Waals surface area contributed by atoms with E-state index in [1.807, 2.05) is 0 Å². The van der Waals surface area contributed by atoms with Gasteiger partial charge in [-0.2, -0.15) is 10.1 Å². The van der Waals surface area contributed by atoms with Gasteiger partial charge in [0, 0.05) is 6.20 Å². The van der Waals surface area contributed by atoms with Crippen LogP contribution in [0.15, 0.2) is 29.2 Å². The van der Waals surface area contributed by atoms with E-state index in [-0.39, 0.29) is 0 Å². The molecule has 2 aromatic heterocycles. The predicted molar refractivity (Wildman–Crippen MR) is 35.3 cm³/mol. The van der Waals surface area contributed by atoms with Crippen LogP contribution in [0.25, 0.3) is 11.5 Å². The first-order valence-corrected chi connectivity index (χ1v) is 3.01. The number of hydrogen-bond acceptors (Lipinski definition) is 5. The lowest BCUT2D eigenvalue weighted by Gasteiger charge is -1.87. The maximum absolute atomic E-state index is 4.54. The highest BCUT2D eigenvalue weighted by atomic mass is 16.5. The molecule has 5 heteroatoms. The number of nitrogens with zero attached hydrogens (tertiary/aromatic N) is 4. The van der Waals surface area contributed by atoms with Crippen LogP contribution in [-0.2, 0) is 0 Å². The van der Waals surface area contributed by atoms with E-state index in [1.165, 1.54) is 6.39 Å². The summed E-state index contributed by atoms with van der Waals surface area (Å²) in [5.74, 6) is 0.457. The zero-order valence-corrected chi connectivity index (χ0v) is 5.51. The Morgan fingerprint density at radius 1 is 1.36 bits per heavy atom. The van der Waals surface area contributed by atoms with E-state index in [0.717, 1.165) is 0 Å². The standard InChI is InChI=1S/C6H4N4O/c1-2-5(9-8-3-1)6-7-4-11-10-6/h1-4H. The van der Waals surface area contributed by atoms with E-state index in [2.05, 4.69) is 24.9 Å². The van der Waals surface area contributed by atoms with Gasteiger partial charge >= 0.3 is 0 Å². The van der Waals surface area contributed by atoms with Crippen LogP contribution in [0.3, 0.4) is 0 Å². The first-order chi connectivity index (χ1) is 5.47. The first-order valence-electron chi connectivity index (χ1n) is 3.01. The summed E-state index contributed by atoms with van der Waals surface area (Å²) in [5, 5.41) is 11.1. The molecule has 0 aliphatic carbocycles. The van der Waals surface area contributed by atoms with Crippen LogP contribution in [0.5, 0.6) is 0 Å². The zero-order valence-electron chi connectivity index (χ0n) is 5.51. The van der Waals surface area contributed by atoms with E-state index in [9.17, 15) is 0 Å². The first kappa shape index (κ1) is 5.96. The van der Waals surface area contributed by atoms with Crippen molar-refractivity contribution in [3.8, 4) is 11.5 Å². The van der Waals surface area contributed by atoms with E-state index in [1.54, 1.807) is 18.3 Å². The molecule has 0 unspecified atom stereocenters. The van der Waals surface area contributed by atoms with Crippen LogP contribution in [0.4, 0.5) is 0 Å². The van der Waals surface area contributed by atoms with Crippen LogP contribution >= 0.6 is 0 Å². The molecule has 11 heavy (non-hydrogen) atoms. The van der Waals surface area contributed by atoms with Crippen LogP contribution in [0.2, 0.25) is 0 Å². The van der Waals surface area contributed by atoms with E-state index < -0.39 is 0 Å². The molecule has 0 N–H and O–H groups in total. The Labute approximate surface area is 62.1 Å². The highest BCUT2D eigenvalue weighted by Crippen LogP contribution is 2.06. The Morgan fingerprint density at radius 3 is 3.00 bits per heavy atom. The fraction of sp³-hybridized carbons (Fsp3) is 0. The van der Waals surface area contributed by atoms with Crippen molar-refractivity contribution in [2.24, 2.45) is 0 Å². The molecule has 0 aliphatic rings.